The average Bonchev–Trinajstić information content (AvgIpc) is 3.31. The molecule has 6 heteroatoms. The summed E-state index contributed by atoms with van der Waals surface area (Å²) in [6, 6.07) is 14.4. The average molecular weight is 440 g/mol. The number of rotatable bonds is 3. The maximum absolute atomic E-state index is 13.4. The van der Waals surface area contributed by atoms with E-state index >= 15 is 0 Å². The van der Waals surface area contributed by atoms with Crippen LogP contribution in [0.5, 0.6) is 0 Å². The molecule has 1 fully saturated rings. The van der Waals surface area contributed by atoms with Gasteiger partial charge >= 0.3 is 0 Å². The maximum Gasteiger partial charge on any atom is 0.291 e. The van der Waals surface area contributed by atoms with Crippen LogP contribution in [0.1, 0.15) is 40.6 Å². The molecule has 28 heavy (non-hydrogen) atoms. The van der Waals surface area contributed by atoms with Crippen molar-refractivity contribution >= 4 is 32.8 Å². The highest BCUT2D eigenvalue weighted by atomic mass is 79.9. The third-order valence-corrected chi connectivity index (χ3v) is 5.96. The standard InChI is InChI=1S/C22H18BrNO4/c23-14-8-9-17-16(11-14)20(25)18-19(13-5-2-1-3-6-13)24(22(26)21(18)28-17)12-15-7-4-10-27-15/h1-3,5-6,8-9,11,15,19H,4,7,10,12H2/t15-,19-/m1/s1. The minimum Gasteiger partial charge on any atom is -0.450 e. The summed E-state index contributed by atoms with van der Waals surface area (Å²) in [5.41, 5.74) is 1.58. The van der Waals surface area contributed by atoms with Crippen molar-refractivity contribution in [2.75, 3.05) is 13.2 Å². The van der Waals surface area contributed by atoms with Crippen LogP contribution in [0.15, 0.2) is 62.2 Å². The Morgan fingerprint density at radius 3 is 2.68 bits per heavy atom. The first-order valence-electron chi connectivity index (χ1n) is 9.37. The van der Waals surface area contributed by atoms with Crippen LogP contribution >= 0.6 is 15.9 Å². The molecule has 142 valence electrons. The molecule has 3 aromatic rings. The molecule has 0 aliphatic carbocycles. The minimum absolute atomic E-state index is 0.0110. The lowest BCUT2D eigenvalue weighted by atomic mass is 9.98. The van der Waals surface area contributed by atoms with Gasteiger partial charge in [-0.3, -0.25) is 9.59 Å². The Balaban J connectivity index is 1.71. The molecule has 2 atom stereocenters. The second-order valence-corrected chi connectivity index (χ2v) is 8.14. The Bertz CT molecular complexity index is 1120. The summed E-state index contributed by atoms with van der Waals surface area (Å²) in [5.74, 6) is -0.104. The topological polar surface area (TPSA) is 59.8 Å². The molecule has 0 bridgehead atoms. The van der Waals surface area contributed by atoms with Crippen LogP contribution in [0.4, 0.5) is 0 Å². The van der Waals surface area contributed by atoms with Crippen molar-refractivity contribution in [1.29, 1.82) is 0 Å². The zero-order valence-electron chi connectivity index (χ0n) is 15.1. The van der Waals surface area contributed by atoms with Crippen molar-refractivity contribution in [2.45, 2.75) is 25.0 Å². The fourth-order valence-corrected chi connectivity index (χ4v) is 4.53. The largest absolute Gasteiger partial charge is 0.450 e. The molecule has 5 rings (SSSR count). The van der Waals surface area contributed by atoms with E-state index in [1.54, 1.807) is 23.1 Å². The highest BCUT2D eigenvalue weighted by Gasteiger charge is 2.43. The Morgan fingerprint density at radius 2 is 1.93 bits per heavy atom. The molecule has 2 aromatic carbocycles. The fourth-order valence-electron chi connectivity index (χ4n) is 4.17. The highest BCUT2D eigenvalue weighted by Crippen LogP contribution is 2.39. The zero-order chi connectivity index (χ0) is 19.3. The first kappa shape index (κ1) is 17.6. The Labute approximate surface area is 170 Å². The molecule has 0 spiro atoms. The number of hydrogen-bond acceptors (Lipinski definition) is 4. The van der Waals surface area contributed by atoms with E-state index in [1.807, 2.05) is 30.3 Å². The van der Waals surface area contributed by atoms with E-state index in [0.717, 1.165) is 22.9 Å². The fraction of sp³-hybridized carbons (Fsp3) is 0.273. The van der Waals surface area contributed by atoms with Crippen molar-refractivity contribution < 1.29 is 13.9 Å². The molecule has 3 heterocycles. The van der Waals surface area contributed by atoms with Crippen molar-refractivity contribution in [1.82, 2.24) is 4.90 Å². The van der Waals surface area contributed by atoms with Gasteiger partial charge in [-0.25, -0.2) is 0 Å². The normalized spacial score (nSPS) is 21.5. The van der Waals surface area contributed by atoms with Gasteiger partial charge in [-0.1, -0.05) is 46.3 Å². The molecule has 1 aromatic heterocycles. The summed E-state index contributed by atoms with van der Waals surface area (Å²) in [7, 11) is 0. The van der Waals surface area contributed by atoms with Gasteiger partial charge in [0.15, 0.2) is 5.43 Å². The molecule has 0 N–H and O–H groups in total. The number of hydrogen-bond donors (Lipinski definition) is 0. The Morgan fingerprint density at radius 1 is 1.11 bits per heavy atom. The Hall–Kier alpha value is -2.44. The summed E-state index contributed by atoms with van der Waals surface area (Å²) in [6.07, 6.45) is 1.89. The number of nitrogens with zero attached hydrogens (tertiary/aromatic N) is 1. The van der Waals surface area contributed by atoms with E-state index in [9.17, 15) is 9.59 Å². The van der Waals surface area contributed by atoms with Crippen LogP contribution in [0.3, 0.4) is 0 Å². The molecular weight excluding hydrogens is 422 g/mol. The van der Waals surface area contributed by atoms with Gasteiger partial charge in [-0.15, -0.1) is 0 Å². The van der Waals surface area contributed by atoms with Crippen molar-refractivity contribution in [3.63, 3.8) is 0 Å². The summed E-state index contributed by atoms with van der Waals surface area (Å²) in [5, 5.41) is 0.473. The van der Waals surface area contributed by atoms with E-state index in [4.69, 9.17) is 9.15 Å². The third kappa shape index (κ3) is 2.79. The van der Waals surface area contributed by atoms with E-state index in [0.29, 0.717) is 29.7 Å². The predicted octanol–water partition coefficient (Wildman–Crippen LogP) is 4.28. The quantitative estimate of drug-likeness (QED) is 0.610. The van der Waals surface area contributed by atoms with Crippen LogP contribution in [0, 0.1) is 0 Å². The van der Waals surface area contributed by atoms with Gasteiger partial charge in [0.05, 0.1) is 23.1 Å². The third-order valence-electron chi connectivity index (χ3n) is 5.47. The molecule has 1 saturated heterocycles. The molecule has 2 aliphatic rings. The molecule has 0 radical (unpaired) electrons. The monoisotopic (exact) mass is 439 g/mol. The van der Waals surface area contributed by atoms with Gasteiger partial charge in [0, 0.05) is 17.6 Å². The molecule has 5 nitrogen and oxygen atoms in total. The lowest BCUT2D eigenvalue weighted by molar-refractivity contribution is 0.0486. The summed E-state index contributed by atoms with van der Waals surface area (Å²) >= 11 is 3.41. The highest BCUT2D eigenvalue weighted by molar-refractivity contribution is 9.10. The number of ether oxygens (including phenoxy) is 1. The number of amides is 1. The minimum atomic E-state index is -0.465. The molecule has 1 amide bonds. The molecule has 2 aliphatic heterocycles. The van der Waals surface area contributed by atoms with Gasteiger partial charge in [-0.05, 0) is 36.6 Å². The number of carbonyl (C=O) groups is 1. The zero-order valence-corrected chi connectivity index (χ0v) is 16.6. The second kappa shape index (κ2) is 6.87. The summed E-state index contributed by atoms with van der Waals surface area (Å²) in [6.45, 7) is 1.16. The summed E-state index contributed by atoms with van der Waals surface area (Å²) in [4.78, 5) is 28.4. The van der Waals surface area contributed by atoms with Gasteiger partial charge in [0.1, 0.15) is 5.58 Å². The smallest absolute Gasteiger partial charge is 0.291 e. The van der Waals surface area contributed by atoms with Crippen LogP contribution in [-0.4, -0.2) is 30.1 Å². The van der Waals surface area contributed by atoms with E-state index < -0.39 is 6.04 Å². The SMILES string of the molecule is O=C1c2oc3ccc(Br)cc3c(=O)c2[C@@H](c2ccccc2)N1C[C@H]1CCCO1. The predicted molar refractivity (Wildman–Crippen MR) is 108 cm³/mol. The molecular formula is C22H18BrNO4. The van der Waals surface area contributed by atoms with E-state index in [-0.39, 0.29) is 23.2 Å². The van der Waals surface area contributed by atoms with Gasteiger partial charge < -0.3 is 14.1 Å². The van der Waals surface area contributed by atoms with Crippen molar-refractivity contribution in [2.24, 2.45) is 0 Å². The van der Waals surface area contributed by atoms with Crippen LogP contribution in [0.25, 0.3) is 11.0 Å². The van der Waals surface area contributed by atoms with E-state index in [1.165, 1.54) is 0 Å². The van der Waals surface area contributed by atoms with Gasteiger partial charge in [-0.2, -0.15) is 0 Å². The number of halogens is 1. The van der Waals surface area contributed by atoms with Crippen LogP contribution in [0.2, 0.25) is 0 Å². The number of carbonyl (C=O) groups excluding carboxylic acids is 1. The van der Waals surface area contributed by atoms with E-state index in [2.05, 4.69) is 15.9 Å². The van der Waals surface area contributed by atoms with Crippen molar-refractivity contribution in [3.05, 3.63) is 80.1 Å². The lowest BCUT2D eigenvalue weighted by Crippen LogP contribution is -2.36. The lowest BCUT2D eigenvalue weighted by Gasteiger charge is -2.27. The van der Waals surface area contributed by atoms with Gasteiger partial charge in [0.25, 0.3) is 5.91 Å². The Kier molecular flexibility index (Phi) is 4.33. The van der Waals surface area contributed by atoms with Crippen LogP contribution < -0.4 is 5.43 Å². The number of fused-ring (bicyclic) bond motifs is 2. The molecule has 0 saturated carbocycles. The number of benzene rings is 2. The first-order valence-corrected chi connectivity index (χ1v) is 10.2. The second-order valence-electron chi connectivity index (χ2n) is 7.22. The van der Waals surface area contributed by atoms with Crippen molar-refractivity contribution in [3.8, 4) is 0 Å². The first-order chi connectivity index (χ1) is 13.6. The van der Waals surface area contributed by atoms with Gasteiger partial charge in [0.2, 0.25) is 5.76 Å². The summed E-state index contributed by atoms with van der Waals surface area (Å²) < 4.78 is 12.5. The van der Waals surface area contributed by atoms with Crippen LogP contribution in [-0.2, 0) is 4.74 Å². The maximum atomic E-state index is 13.4. The molecule has 0 unspecified atom stereocenters.